The van der Waals surface area contributed by atoms with E-state index in [1.807, 2.05) is 30.3 Å². The summed E-state index contributed by atoms with van der Waals surface area (Å²) in [5.41, 5.74) is 3.46. The first-order chi connectivity index (χ1) is 14.8. The molecule has 1 amide bonds. The Bertz CT molecular complexity index is 931. The first kappa shape index (κ1) is 22.6. The molecule has 0 aromatic heterocycles. The standard InChI is InChI=1S/C22H25F3N4O2/c1-26-21(28-12-17-10-20(30)29-19-8-3-2-7-18(17)19)27-11-15-5-4-6-16(9-15)13-31-14-22(23,24)25/h2-9,17H,10-14H2,1H3,(H,29,30)(H2,26,27,28). The number of nitrogens with zero attached hydrogens (tertiary/aromatic N) is 1. The fraction of sp³-hybridized carbons (Fsp3) is 0.364. The van der Waals surface area contributed by atoms with Crippen molar-refractivity contribution in [1.82, 2.24) is 10.6 Å². The minimum atomic E-state index is -4.34. The average Bonchev–Trinajstić information content (AvgIpc) is 2.73. The van der Waals surface area contributed by atoms with Gasteiger partial charge in [0.2, 0.25) is 5.91 Å². The Morgan fingerprint density at radius 2 is 1.94 bits per heavy atom. The molecule has 0 aliphatic carbocycles. The van der Waals surface area contributed by atoms with Crippen LogP contribution < -0.4 is 16.0 Å². The van der Waals surface area contributed by atoms with E-state index in [0.29, 0.717) is 31.0 Å². The second-order valence-electron chi connectivity index (χ2n) is 7.27. The minimum Gasteiger partial charge on any atom is -0.367 e. The number of aliphatic imine (C=N–C) groups is 1. The van der Waals surface area contributed by atoms with Gasteiger partial charge in [-0.05, 0) is 22.8 Å². The summed E-state index contributed by atoms with van der Waals surface area (Å²) in [5.74, 6) is 0.581. The maximum Gasteiger partial charge on any atom is 0.411 e. The molecule has 0 saturated heterocycles. The molecule has 1 aliphatic rings. The molecule has 3 rings (SSSR count). The van der Waals surface area contributed by atoms with E-state index < -0.39 is 12.8 Å². The lowest BCUT2D eigenvalue weighted by Gasteiger charge is -2.26. The van der Waals surface area contributed by atoms with E-state index in [9.17, 15) is 18.0 Å². The molecule has 1 atom stereocenters. The number of alkyl halides is 3. The van der Waals surface area contributed by atoms with Crippen LogP contribution in [0, 0.1) is 0 Å². The van der Waals surface area contributed by atoms with Crippen molar-refractivity contribution in [2.24, 2.45) is 4.99 Å². The molecule has 0 bridgehead atoms. The van der Waals surface area contributed by atoms with Crippen molar-refractivity contribution in [3.8, 4) is 0 Å². The Morgan fingerprint density at radius 3 is 2.71 bits per heavy atom. The van der Waals surface area contributed by atoms with Gasteiger partial charge in [-0.2, -0.15) is 13.2 Å². The summed E-state index contributed by atoms with van der Waals surface area (Å²) in [6.45, 7) is -0.401. The zero-order valence-electron chi connectivity index (χ0n) is 17.1. The van der Waals surface area contributed by atoms with Crippen LogP contribution in [0.1, 0.15) is 29.0 Å². The van der Waals surface area contributed by atoms with Crippen LogP contribution >= 0.6 is 0 Å². The molecule has 0 saturated carbocycles. The smallest absolute Gasteiger partial charge is 0.367 e. The van der Waals surface area contributed by atoms with Gasteiger partial charge >= 0.3 is 6.18 Å². The van der Waals surface area contributed by atoms with E-state index in [4.69, 9.17) is 4.74 Å². The van der Waals surface area contributed by atoms with Crippen molar-refractivity contribution < 1.29 is 22.7 Å². The molecule has 1 aliphatic heterocycles. The number of halogens is 3. The topological polar surface area (TPSA) is 74.8 Å². The number of ether oxygens (including phenoxy) is 1. The monoisotopic (exact) mass is 434 g/mol. The number of rotatable bonds is 7. The van der Waals surface area contributed by atoms with E-state index in [2.05, 4.69) is 20.9 Å². The first-order valence-electron chi connectivity index (χ1n) is 9.89. The number of benzene rings is 2. The number of para-hydroxylation sites is 1. The summed E-state index contributed by atoms with van der Waals surface area (Å²) in [6, 6.07) is 14.9. The third-order valence-corrected chi connectivity index (χ3v) is 4.83. The third-order valence-electron chi connectivity index (χ3n) is 4.83. The summed E-state index contributed by atoms with van der Waals surface area (Å²) in [6.07, 6.45) is -3.95. The number of carbonyl (C=O) groups is 1. The summed E-state index contributed by atoms with van der Waals surface area (Å²) >= 11 is 0. The second kappa shape index (κ2) is 10.3. The lowest BCUT2D eigenvalue weighted by atomic mass is 9.90. The van der Waals surface area contributed by atoms with Gasteiger partial charge in [0.05, 0.1) is 6.61 Å². The van der Waals surface area contributed by atoms with Gasteiger partial charge in [0.15, 0.2) is 5.96 Å². The Kier molecular flexibility index (Phi) is 7.51. The van der Waals surface area contributed by atoms with Gasteiger partial charge in [0.1, 0.15) is 6.61 Å². The molecule has 2 aromatic rings. The molecule has 1 heterocycles. The van der Waals surface area contributed by atoms with Crippen molar-refractivity contribution in [3.05, 3.63) is 65.2 Å². The zero-order chi connectivity index (χ0) is 22.3. The normalized spacial score (nSPS) is 16.5. The SMILES string of the molecule is CN=C(NCc1cccc(COCC(F)(F)F)c1)NCC1CC(=O)Nc2ccccc21. The Hall–Kier alpha value is -3.07. The number of fused-ring (bicyclic) bond motifs is 1. The number of carbonyl (C=O) groups excluding carboxylic acids is 1. The van der Waals surface area contributed by atoms with Gasteiger partial charge in [0.25, 0.3) is 0 Å². The average molecular weight is 434 g/mol. The third kappa shape index (κ3) is 6.99. The van der Waals surface area contributed by atoms with E-state index in [1.54, 1.807) is 25.2 Å². The number of hydrogen-bond acceptors (Lipinski definition) is 3. The highest BCUT2D eigenvalue weighted by atomic mass is 19.4. The lowest BCUT2D eigenvalue weighted by Crippen LogP contribution is -2.40. The predicted molar refractivity (Wildman–Crippen MR) is 113 cm³/mol. The lowest BCUT2D eigenvalue weighted by molar-refractivity contribution is -0.176. The van der Waals surface area contributed by atoms with Crippen molar-refractivity contribution in [2.45, 2.75) is 31.7 Å². The van der Waals surface area contributed by atoms with Gasteiger partial charge in [-0.3, -0.25) is 9.79 Å². The van der Waals surface area contributed by atoms with Gasteiger partial charge < -0.3 is 20.7 Å². The summed E-state index contributed by atoms with van der Waals surface area (Å²) in [4.78, 5) is 16.2. The summed E-state index contributed by atoms with van der Waals surface area (Å²) in [7, 11) is 1.65. The van der Waals surface area contributed by atoms with E-state index >= 15 is 0 Å². The van der Waals surface area contributed by atoms with Crippen LogP contribution in [0.4, 0.5) is 18.9 Å². The molecule has 3 N–H and O–H groups in total. The maximum absolute atomic E-state index is 12.2. The maximum atomic E-state index is 12.2. The number of nitrogens with one attached hydrogen (secondary N) is 3. The fourth-order valence-corrected chi connectivity index (χ4v) is 3.42. The highest BCUT2D eigenvalue weighted by Gasteiger charge is 2.27. The highest BCUT2D eigenvalue weighted by Crippen LogP contribution is 2.31. The predicted octanol–water partition coefficient (Wildman–Crippen LogP) is 3.56. The van der Waals surface area contributed by atoms with Crippen molar-refractivity contribution in [3.63, 3.8) is 0 Å². The molecule has 0 fully saturated rings. The minimum absolute atomic E-state index is 0.0157. The largest absolute Gasteiger partial charge is 0.411 e. The Labute approximate surface area is 178 Å². The van der Waals surface area contributed by atoms with Crippen molar-refractivity contribution in [2.75, 3.05) is 25.5 Å². The van der Waals surface area contributed by atoms with Crippen LogP contribution in [-0.4, -0.2) is 38.2 Å². The van der Waals surface area contributed by atoms with E-state index in [0.717, 1.165) is 16.8 Å². The van der Waals surface area contributed by atoms with Crippen LogP contribution in [0.15, 0.2) is 53.5 Å². The van der Waals surface area contributed by atoms with Crippen LogP contribution in [0.25, 0.3) is 0 Å². The van der Waals surface area contributed by atoms with Crippen LogP contribution in [0.5, 0.6) is 0 Å². The van der Waals surface area contributed by atoms with Gasteiger partial charge in [-0.15, -0.1) is 0 Å². The Morgan fingerprint density at radius 1 is 1.16 bits per heavy atom. The van der Waals surface area contributed by atoms with Crippen LogP contribution in [-0.2, 0) is 22.7 Å². The van der Waals surface area contributed by atoms with E-state index in [1.165, 1.54) is 0 Å². The molecule has 0 radical (unpaired) electrons. The zero-order valence-corrected chi connectivity index (χ0v) is 17.1. The van der Waals surface area contributed by atoms with Crippen molar-refractivity contribution in [1.29, 1.82) is 0 Å². The van der Waals surface area contributed by atoms with Crippen LogP contribution in [0.3, 0.4) is 0 Å². The number of anilines is 1. The fourth-order valence-electron chi connectivity index (χ4n) is 3.42. The quantitative estimate of drug-likeness (QED) is 0.460. The molecular weight excluding hydrogens is 409 g/mol. The Balaban J connectivity index is 1.51. The molecule has 31 heavy (non-hydrogen) atoms. The summed E-state index contributed by atoms with van der Waals surface area (Å²) in [5, 5.41) is 9.31. The first-order valence-corrected chi connectivity index (χ1v) is 9.89. The number of amides is 1. The molecule has 1 unspecified atom stereocenters. The van der Waals surface area contributed by atoms with Crippen molar-refractivity contribution >= 4 is 17.6 Å². The molecular formula is C22H25F3N4O2. The molecule has 166 valence electrons. The van der Waals surface area contributed by atoms with Crippen LogP contribution in [0.2, 0.25) is 0 Å². The molecule has 0 spiro atoms. The number of hydrogen-bond donors (Lipinski definition) is 3. The molecule has 2 aromatic carbocycles. The molecule has 9 heteroatoms. The molecule has 6 nitrogen and oxygen atoms in total. The second-order valence-corrected chi connectivity index (χ2v) is 7.27. The highest BCUT2D eigenvalue weighted by molar-refractivity contribution is 5.94. The van der Waals surface area contributed by atoms with E-state index in [-0.39, 0.29) is 18.4 Å². The van der Waals surface area contributed by atoms with Gasteiger partial charge in [-0.25, -0.2) is 0 Å². The number of guanidine groups is 1. The van der Waals surface area contributed by atoms with Gasteiger partial charge in [0, 0.05) is 38.2 Å². The van der Waals surface area contributed by atoms with Gasteiger partial charge in [-0.1, -0.05) is 42.5 Å². The summed E-state index contributed by atoms with van der Waals surface area (Å²) < 4.78 is 41.4.